The van der Waals surface area contributed by atoms with Crippen LogP contribution >= 0.6 is 0 Å². The molecule has 1 aromatic heterocycles. The molecule has 0 unspecified atom stereocenters. The molecule has 1 saturated heterocycles. The fourth-order valence-electron chi connectivity index (χ4n) is 1.22. The molecule has 0 amide bonds. The summed E-state index contributed by atoms with van der Waals surface area (Å²) in [7, 11) is 0. The highest BCUT2D eigenvalue weighted by Crippen LogP contribution is 2.21. The van der Waals surface area contributed by atoms with Crippen LogP contribution in [0.1, 0.15) is 18.1 Å². The summed E-state index contributed by atoms with van der Waals surface area (Å²) in [5, 5.41) is 0. The van der Waals surface area contributed by atoms with Crippen LogP contribution in [0.4, 0.5) is 0 Å². The van der Waals surface area contributed by atoms with Crippen LogP contribution in [0.2, 0.25) is 0 Å². The topological polar surface area (TPSA) is 34.1 Å². The third-order valence-electron chi connectivity index (χ3n) is 1.81. The molecule has 3 heteroatoms. The third-order valence-corrected chi connectivity index (χ3v) is 1.81. The van der Waals surface area contributed by atoms with Crippen molar-refractivity contribution in [3.05, 3.63) is 30.1 Å². The number of rotatable bonds is 1. The van der Waals surface area contributed by atoms with Crippen molar-refractivity contribution in [3.63, 3.8) is 0 Å². The van der Waals surface area contributed by atoms with Gasteiger partial charge in [0, 0.05) is 18.9 Å². The standard InChI is InChI=1S/C8H10N2O/c1-4-9-5-2-7(1)8-3-6-10-11-8/h1-2,4-5,8,10H,3,6H2/t8-/m1/s1. The number of pyridine rings is 1. The molecule has 1 aliphatic heterocycles. The molecule has 0 spiro atoms. The summed E-state index contributed by atoms with van der Waals surface area (Å²) in [5.41, 5.74) is 4.05. The second-order valence-corrected chi connectivity index (χ2v) is 2.57. The number of hydrogen-bond acceptors (Lipinski definition) is 3. The lowest BCUT2D eigenvalue weighted by molar-refractivity contribution is 0.0336. The Morgan fingerprint density at radius 1 is 1.45 bits per heavy atom. The maximum atomic E-state index is 5.26. The minimum absolute atomic E-state index is 0.220. The molecule has 2 rings (SSSR count). The minimum atomic E-state index is 0.220. The smallest absolute Gasteiger partial charge is 0.105 e. The summed E-state index contributed by atoms with van der Waals surface area (Å²) in [6, 6.07) is 3.97. The molecule has 1 N–H and O–H groups in total. The van der Waals surface area contributed by atoms with Crippen LogP contribution < -0.4 is 5.48 Å². The maximum absolute atomic E-state index is 5.26. The van der Waals surface area contributed by atoms with Crippen molar-refractivity contribution < 1.29 is 4.84 Å². The Balaban J connectivity index is 2.16. The molecule has 1 atom stereocenters. The average Bonchev–Trinajstić information content (AvgIpc) is 2.58. The zero-order valence-corrected chi connectivity index (χ0v) is 6.16. The van der Waals surface area contributed by atoms with Crippen molar-refractivity contribution in [2.75, 3.05) is 6.54 Å². The van der Waals surface area contributed by atoms with Gasteiger partial charge in [0.2, 0.25) is 0 Å². The predicted octanol–water partition coefficient (Wildman–Crippen LogP) is 1.05. The Kier molecular flexibility index (Phi) is 1.83. The van der Waals surface area contributed by atoms with E-state index in [1.54, 1.807) is 12.4 Å². The van der Waals surface area contributed by atoms with Crippen molar-refractivity contribution >= 4 is 0 Å². The van der Waals surface area contributed by atoms with Gasteiger partial charge in [-0.2, -0.15) is 0 Å². The normalized spacial score (nSPS) is 23.8. The number of hydrogen-bond donors (Lipinski definition) is 1. The zero-order valence-electron chi connectivity index (χ0n) is 6.16. The summed E-state index contributed by atoms with van der Waals surface area (Å²) in [5.74, 6) is 0. The summed E-state index contributed by atoms with van der Waals surface area (Å²) in [4.78, 5) is 9.20. The van der Waals surface area contributed by atoms with Crippen LogP contribution in [-0.2, 0) is 4.84 Å². The molecule has 3 nitrogen and oxygen atoms in total. The van der Waals surface area contributed by atoms with E-state index >= 15 is 0 Å². The molecular formula is C8H10N2O. The van der Waals surface area contributed by atoms with Gasteiger partial charge in [-0.1, -0.05) is 0 Å². The highest BCUT2D eigenvalue weighted by molar-refractivity contribution is 5.13. The summed E-state index contributed by atoms with van der Waals surface area (Å²) < 4.78 is 0. The van der Waals surface area contributed by atoms with Gasteiger partial charge in [0.15, 0.2) is 0 Å². The van der Waals surface area contributed by atoms with Crippen LogP contribution in [0.3, 0.4) is 0 Å². The van der Waals surface area contributed by atoms with Gasteiger partial charge in [0.25, 0.3) is 0 Å². The molecule has 1 fully saturated rings. The molecule has 0 radical (unpaired) electrons. The van der Waals surface area contributed by atoms with Crippen LogP contribution in [-0.4, -0.2) is 11.5 Å². The lowest BCUT2D eigenvalue weighted by atomic mass is 10.1. The van der Waals surface area contributed by atoms with Gasteiger partial charge in [-0.15, -0.1) is 0 Å². The van der Waals surface area contributed by atoms with Gasteiger partial charge in [-0.05, 0) is 24.1 Å². The third kappa shape index (κ3) is 1.39. The zero-order chi connectivity index (χ0) is 7.52. The van der Waals surface area contributed by atoms with E-state index in [2.05, 4.69) is 10.5 Å². The monoisotopic (exact) mass is 150 g/mol. The largest absolute Gasteiger partial charge is 0.294 e. The first-order chi connectivity index (χ1) is 5.47. The molecule has 0 aromatic carbocycles. The summed E-state index contributed by atoms with van der Waals surface area (Å²) >= 11 is 0. The van der Waals surface area contributed by atoms with Crippen molar-refractivity contribution in [1.29, 1.82) is 0 Å². The van der Waals surface area contributed by atoms with E-state index in [0.717, 1.165) is 13.0 Å². The summed E-state index contributed by atoms with van der Waals surface area (Å²) in [6.07, 6.45) is 4.84. The molecule has 58 valence electrons. The Morgan fingerprint density at radius 2 is 2.27 bits per heavy atom. The van der Waals surface area contributed by atoms with Gasteiger partial charge in [-0.3, -0.25) is 9.82 Å². The van der Waals surface area contributed by atoms with E-state index in [9.17, 15) is 0 Å². The average molecular weight is 150 g/mol. The van der Waals surface area contributed by atoms with E-state index in [1.165, 1.54) is 5.56 Å². The van der Waals surface area contributed by atoms with Gasteiger partial charge in [-0.25, -0.2) is 5.48 Å². The van der Waals surface area contributed by atoms with Crippen LogP contribution in [0.15, 0.2) is 24.5 Å². The molecule has 11 heavy (non-hydrogen) atoms. The molecule has 1 aromatic rings. The van der Waals surface area contributed by atoms with E-state index < -0.39 is 0 Å². The molecule has 2 heterocycles. The molecule has 0 bridgehead atoms. The Morgan fingerprint density at radius 3 is 2.91 bits per heavy atom. The fraction of sp³-hybridized carbons (Fsp3) is 0.375. The number of hydroxylamine groups is 1. The van der Waals surface area contributed by atoms with Crippen molar-refractivity contribution in [1.82, 2.24) is 10.5 Å². The minimum Gasteiger partial charge on any atom is -0.294 e. The first kappa shape index (κ1) is 6.76. The molecule has 1 aliphatic rings. The Labute approximate surface area is 65.4 Å². The molecule has 0 aliphatic carbocycles. The predicted molar refractivity (Wildman–Crippen MR) is 40.7 cm³/mol. The van der Waals surface area contributed by atoms with E-state index in [-0.39, 0.29) is 6.10 Å². The summed E-state index contributed by atoms with van der Waals surface area (Å²) in [6.45, 7) is 0.937. The second-order valence-electron chi connectivity index (χ2n) is 2.57. The van der Waals surface area contributed by atoms with Crippen molar-refractivity contribution in [3.8, 4) is 0 Å². The number of aromatic nitrogens is 1. The lowest BCUT2D eigenvalue weighted by Crippen LogP contribution is -2.04. The first-order valence-corrected chi connectivity index (χ1v) is 3.75. The Hall–Kier alpha value is -0.930. The second kappa shape index (κ2) is 2.98. The maximum Gasteiger partial charge on any atom is 0.105 e. The van der Waals surface area contributed by atoms with Gasteiger partial charge in [0.1, 0.15) is 6.10 Å². The first-order valence-electron chi connectivity index (χ1n) is 3.75. The van der Waals surface area contributed by atoms with Crippen LogP contribution in [0.5, 0.6) is 0 Å². The lowest BCUT2D eigenvalue weighted by Gasteiger charge is -2.06. The SMILES string of the molecule is c1cc([C@H]2CCNO2)ccn1. The van der Waals surface area contributed by atoms with Gasteiger partial charge in [0.05, 0.1) is 0 Å². The number of nitrogens with zero attached hydrogens (tertiary/aromatic N) is 1. The van der Waals surface area contributed by atoms with Crippen LogP contribution in [0.25, 0.3) is 0 Å². The fourth-order valence-corrected chi connectivity index (χ4v) is 1.22. The molecule has 0 saturated carbocycles. The highest BCUT2D eigenvalue weighted by Gasteiger charge is 2.16. The van der Waals surface area contributed by atoms with Crippen molar-refractivity contribution in [2.45, 2.75) is 12.5 Å². The van der Waals surface area contributed by atoms with Crippen LogP contribution in [0, 0.1) is 0 Å². The van der Waals surface area contributed by atoms with Gasteiger partial charge < -0.3 is 0 Å². The van der Waals surface area contributed by atoms with E-state index in [1.807, 2.05) is 12.1 Å². The van der Waals surface area contributed by atoms with E-state index in [0.29, 0.717) is 0 Å². The number of nitrogens with one attached hydrogen (secondary N) is 1. The highest BCUT2D eigenvalue weighted by atomic mass is 16.7. The Bertz CT molecular complexity index is 219. The quantitative estimate of drug-likeness (QED) is 0.649. The van der Waals surface area contributed by atoms with E-state index in [4.69, 9.17) is 4.84 Å². The van der Waals surface area contributed by atoms with Crippen molar-refractivity contribution in [2.24, 2.45) is 0 Å². The molecular weight excluding hydrogens is 140 g/mol. The van der Waals surface area contributed by atoms with Gasteiger partial charge >= 0.3 is 0 Å².